The molecule has 2 aliphatic heterocycles. The van der Waals surface area contributed by atoms with Gasteiger partial charge < -0.3 is 9.80 Å². The Labute approximate surface area is 138 Å². The zero-order valence-corrected chi connectivity index (χ0v) is 14.3. The molecular formula is C19H26N2O2. The normalized spacial score (nSPS) is 28.3. The van der Waals surface area contributed by atoms with Gasteiger partial charge in [-0.3, -0.25) is 9.59 Å². The Balaban J connectivity index is 1.69. The molecule has 0 N–H and O–H groups in total. The highest BCUT2D eigenvalue weighted by Crippen LogP contribution is 2.29. The van der Waals surface area contributed by atoms with Crippen molar-refractivity contribution in [1.82, 2.24) is 4.90 Å². The summed E-state index contributed by atoms with van der Waals surface area (Å²) in [6.45, 7) is 8.61. The lowest BCUT2D eigenvalue weighted by molar-refractivity contribution is -0.138. The lowest BCUT2D eigenvalue weighted by Crippen LogP contribution is -2.45. The number of piperidine rings is 1. The molecule has 2 aliphatic rings. The van der Waals surface area contributed by atoms with Gasteiger partial charge >= 0.3 is 0 Å². The molecular weight excluding hydrogens is 288 g/mol. The highest BCUT2D eigenvalue weighted by atomic mass is 16.2. The van der Waals surface area contributed by atoms with Crippen LogP contribution in [0.25, 0.3) is 0 Å². The fraction of sp³-hybridized carbons (Fsp3) is 0.579. The summed E-state index contributed by atoms with van der Waals surface area (Å²) in [4.78, 5) is 28.9. The molecule has 1 aromatic carbocycles. The van der Waals surface area contributed by atoms with Gasteiger partial charge in [0, 0.05) is 31.7 Å². The molecule has 3 unspecified atom stereocenters. The lowest BCUT2D eigenvalue weighted by Gasteiger charge is -2.36. The van der Waals surface area contributed by atoms with Crippen molar-refractivity contribution >= 4 is 17.5 Å². The number of hydrogen-bond donors (Lipinski definition) is 0. The van der Waals surface area contributed by atoms with Gasteiger partial charge in [-0.1, -0.05) is 31.5 Å². The first-order valence-electron chi connectivity index (χ1n) is 8.60. The number of amides is 2. The van der Waals surface area contributed by atoms with E-state index in [2.05, 4.69) is 13.8 Å². The Morgan fingerprint density at radius 3 is 2.26 bits per heavy atom. The van der Waals surface area contributed by atoms with Crippen LogP contribution in [0.5, 0.6) is 0 Å². The molecule has 3 atom stereocenters. The largest absolute Gasteiger partial charge is 0.342 e. The number of carbonyl (C=O) groups excluding carboxylic acids is 2. The molecule has 0 aliphatic carbocycles. The number of carbonyl (C=O) groups is 2. The fourth-order valence-corrected chi connectivity index (χ4v) is 3.95. The molecule has 23 heavy (non-hydrogen) atoms. The van der Waals surface area contributed by atoms with Crippen molar-refractivity contribution in [2.24, 2.45) is 17.8 Å². The second-order valence-electron chi connectivity index (χ2n) is 7.43. The summed E-state index contributed by atoms with van der Waals surface area (Å²) in [6.07, 6.45) is 1.52. The van der Waals surface area contributed by atoms with E-state index in [0.717, 1.165) is 18.8 Å². The third-order valence-corrected chi connectivity index (χ3v) is 5.00. The van der Waals surface area contributed by atoms with Crippen LogP contribution in [0.2, 0.25) is 0 Å². The van der Waals surface area contributed by atoms with Crippen LogP contribution in [-0.4, -0.2) is 36.3 Å². The molecule has 0 aromatic heterocycles. The van der Waals surface area contributed by atoms with Crippen LogP contribution < -0.4 is 4.90 Å². The van der Waals surface area contributed by atoms with E-state index in [-0.39, 0.29) is 17.7 Å². The molecule has 1 aromatic rings. The van der Waals surface area contributed by atoms with Crippen molar-refractivity contribution in [3.63, 3.8) is 0 Å². The van der Waals surface area contributed by atoms with E-state index >= 15 is 0 Å². The predicted molar refractivity (Wildman–Crippen MR) is 91.2 cm³/mol. The van der Waals surface area contributed by atoms with Crippen molar-refractivity contribution in [1.29, 1.82) is 0 Å². The van der Waals surface area contributed by atoms with E-state index in [1.54, 1.807) is 4.90 Å². The number of hydrogen-bond acceptors (Lipinski definition) is 2. The van der Waals surface area contributed by atoms with Crippen molar-refractivity contribution < 1.29 is 9.59 Å². The second-order valence-corrected chi connectivity index (χ2v) is 7.43. The second kappa shape index (κ2) is 6.34. The van der Waals surface area contributed by atoms with Gasteiger partial charge in [0.2, 0.25) is 11.8 Å². The van der Waals surface area contributed by atoms with Crippen LogP contribution in [0.4, 0.5) is 5.69 Å². The molecule has 4 heteroatoms. The molecule has 3 rings (SSSR count). The zero-order valence-electron chi connectivity index (χ0n) is 14.3. The van der Waals surface area contributed by atoms with E-state index in [4.69, 9.17) is 0 Å². The van der Waals surface area contributed by atoms with Crippen LogP contribution in [0.15, 0.2) is 24.3 Å². The Morgan fingerprint density at radius 1 is 1.04 bits per heavy atom. The van der Waals surface area contributed by atoms with Crippen molar-refractivity contribution in [2.45, 2.75) is 33.6 Å². The average molecular weight is 314 g/mol. The van der Waals surface area contributed by atoms with Crippen molar-refractivity contribution in [3.8, 4) is 0 Å². The van der Waals surface area contributed by atoms with Crippen LogP contribution in [-0.2, 0) is 9.59 Å². The first kappa shape index (κ1) is 16.0. The highest BCUT2D eigenvalue weighted by molar-refractivity contribution is 6.00. The number of benzene rings is 1. The van der Waals surface area contributed by atoms with Gasteiger partial charge in [-0.2, -0.15) is 0 Å². The Kier molecular flexibility index (Phi) is 4.42. The number of aryl methyl sites for hydroxylation is 1. The smallest absolute Gasteiger partial charge is 0.228 e. The van der Waals surface area contributed by atoms with Gasteiger partial charge in [0.1, 0.15) is 0 Å². The first-order valence-corrected chi connectivity index (χ1v) is 8.60. The molecule has 0 radical (unpaired) electrons. The van der Waals surface area contributed by atoms with Gasteiger partial charge in [0.15, 0.2) is 0 Å². The minimum Gasteiger partial charge on any atom is -0.342 e. The Morgan fingerprint density at radius 2 is 1.65 bits per heavy atom. The zero-order chi connectivity index (χ0) is 16.6. The van der Waals surface area contributed by atoms with Crippen molar-refractivity contribution in [2.75, 3.05) is 24.5 Å². The van der Waals surface area contributed by atoms with Gasteiger partial charge in [-0.05, 0) is 37.3 Å². The van der Waals surface area contributed by atoms with Crippen LogP contribution >= 0.6 is 0 Å². The topological polar surface area (TPSA) is 40.6 Å². The predicted octanol–water partition coefficient (Wildman–Crippen LogP) is 2.85. The Bertz CT molecular complexity index is 586. The molecule has 2 fully saturated rings. The highest BCUT2D eigenvalue weighted by Gasteiger charge is 2.38. The molecule has 4 nitrogen and oxygen atoms in total. The summed E-state index contributed by atoms with van der Waals surface area (Å²) in [5, 5.41) is 0. The summed E-state index contributed by atoms with van der Waals surface area (Å²) >= 11 is 0. The van der Waals surface area contributed by atoms with Crippen molar-refractivity contribution in [3.05, 3.63) is 29.8 Å². The van der Waals surface area contributed by atoms with Gasteiger partial charge in [0.25, 0.3) is 0 Å². The molecule has 0 spiro atoms. The minimum atomic E-state index is -0.193. The number of nitrogens with zero attached hydrogens (tertiary/aromatic N) is 2. The summed E-state index contributed by atoms with van der Waals surface area (Å²) in [6, 6.07) is 7.94. The third kappa shape index (κ3) is 3.41. The molecule has 2 saturated heterocycles. The molecule has 0 saturated carbocycles. The minimum absolute atomic E-state index is 0.0605. The molecule has 124 valence electrons. The summed E-state index contributed by atoms with van der Waals surface area (Å²) < 4.78 is 0. The maximum Gasteiger partial charge on any atom is 0.228 e. The van der Waals surface area contributed by atoms with E-state index in [1.807, 2.05) is 36.1 Å². The molecule has 2 amide bonds. The number of rotatable bonds is 2. The van der Waals surface area contributed by atoms with Gasteiger partial charge in [-0.25, -0.2) is 0 Å². The van der Waals surface area contributed by atoms with E-state index in [9.17, 15) is 9.59 Å². The van der Waals surface area contributed by atoms with Gasteiger partial charge in [-0.15, -0.1) is 0 Å². The first-order chi connectivity index (χ1) is 10.9. The summed E-state index contributed by atoms with van der Waals surface area (Å²) in [7, 11) is 0. The number of anilines is 1. The maximum absolute atomic E-state index is 12.8. The van der Waals surface area contributed by atoms with E-state index in [1.165, 1.54) is 12.0 Å². The molecule has 2 heterocycles. The van der Waals surface area contributed by atoms with Crippen LogP contribution in [0, 0.1) is 24.7 Å². The summed E-state index contributed by atoms with van der Waals surface area (Å²) in [5.41, 5.74) is 2.07. The van der Waals surface area contributed by atoms with Gasteiger partial charge in [0.05, 0.1) is 5.92 Å². The third-order valence-electron chi connectivity index (χ3n) is 5.00. The van der Waals surface area contributed by atoms with E-state index < -0.39 is 0 Å². The monoisotopic (exact) mass is 314 g/mol. The SMILES string of the molecule is Cc1ccc(N2CC(C(=O)N3CC(C)CC(C)C3)CC2=O)cc1. The lowest BCUT2D eigenvalue weighted by atomic mass is 9.91. The quantitative estimate of drug-likeness (QED) is 0.842. The fourth-order valence-electron chi connectivity index (χ4n) is 3.95. The standard InChI is InChI=1S/C19H26N2O2/c1-13-4-6-17(7-5-13)21-12-16(9-18(21)22)19(23)20-10-14(2)8-15(3)11-20/h4-7,14-16H,8-12H2,1-3H3. The average Bonchev–Trinajstić information content (AvgIpc) is 2.88. The summed E-state index contributed by atoms with van der Waals surface area (Å²) in [5.74, 6) is 1.12. The molecule has 0 bridgehead atoms. The van der Waals surface area contributed by atoms with E-state index in [0.29, 0.717) is 24.8 Å². The Hall–Kier alpha value is -1.84. The number of likely N-dealkylation sites (tertiary alicyclic amines) is 1. The maximum atomic E-state index is 12.8. The van der Waals surface area contributed by atoms with Crippen LogP contribution in [0.3, 0.4) is 0 Å². The van der Waals surface area contributed by atoms with Crippen LogP contribution in [0.1, 0.15) is 32.3 Å².